The highest BCUT2D eigenvalue weighted by Gasteiger charge is 2.40. The number of benzene rings is 2. The molecule has 0 radical (unpaired) electrons. The second-order valence-corrected chi connectivity index (χ2v) is 8.83. The fourth-order valence-electron chi connectivity index (χ4n) is 4.76. The number of carbonyl (C=O) groups is 3. The Morgan fingerprint density at radius 3 is 2.19 bits per heavy atom. The smallest absolute Gasteiger partial charge is 0.407 e. The second kappa shape index (κ2) is 9.02. The van der Waals surface area contributed by atoms with Crippen molar-refractivity contribution in [3.05, 3.63) is 59.7 Å². The molecule has 2 aliphatic rings. The van der Waals surface area contributed by atoms with E-state index in [0.717, 1.165) is 28.7 Å². The van der Waals surface area contributed by atoms with E-state index < -0.39 is 23.6 Å². The lowest BCUT2D eigenvalue weighted by atomic mass is 9.74. The standard InChI is InChI=1S/C25H28N2O5/c1-16(13-22(28)27-25(11-6-12-25)14-23(29)30)26-24(31)32-15-21-19-9-4-2-7-17(19)18-8-3-5-10-20(18)21/h2-5,7-10,16,21H,6,11-15H2,1H3,(H,26,31)(H,27,28)(H,29,30). The third-order valence-electron chi connectivity index (χ3n) is 6.40. The van der Waals surface area contributed by atoms with Crippen molar-refractivity contribution in [3.8, 4) is 11.1 Å². The van der Waals surface area contributed by atoms with E-state index >= 15 is 0 Å². The van der Waals surface area contributed by atoms with E-state index in [2.05, 4.69) is 34.9 Å². The minimum atomic E-state index is -0.921. The van der Waals surface area contributed by atoms with Gasteiger partial charge in [-0.25, -0.2) is 4.79 Å². The number of carboxylic acid groups (broad SMARTS) is 1. The number of hydrogen-bond donors (Lipinski definition) is 3. The van der Waals surface area contributed by atoms with Crippen LogP contribution >= 0.6 is 0 Å². The van der Waals surface area contributed by atoms with Crippen molar-refractivity contribution in [2.24, 2.45) is 0 Å². The van der Waals surface area contributed by atoms with Gasteiger partial charge in [-0.2, -0.15) is 0 Å². The highest BCUT2D eigenvalue weighted by atomic mass is 16.5. The summed E-state index contributed by atoms with van der Waals surface area (Å²) in [5, 5.41) is 14.6. The molecule has 0 aliphatic heterocycles. The molecule has 7 nitrogen and oxygen atoms in total. The van der Waals surface area contributed by atoms with Crippen LogP contribution in [0.5, 0.6) is 0 Å². The lowest BCUT2D eigenvalue weighted by Gasteiger charge is -2.41. The molecule has 1 fully saturated rings. The molecule has 2 aromatic rings. The molecule has 1 saturated carbocycles. The first-order chi connectivity index (χ1) is 15.4. The summed E-state index contributed by atoms with van der Waals surface area (Å²) in [6.07, 6.45) is 1.65. The Morgan fingerprint density at radius 1 is 1.06 bits per heavy atom. The van der Waals surface area contributed by atoms with Crippen LogP contribution in [0.15, 0.2) is 48.5 Å². The topological polar surface area (TPSA) is 105 Å². The summed E-state index contributed by atoms with van der Waals surface area (Å²) in [4.78, 5) is 35.8. The Kier molecular flexibility index (Phi) is 6.17. The summed E-state index contributed by atoms with van der Waals surface area (Å²) in [7, 11) is 0. The fourth-order valence-corrected chi connectivity index (χ4v) is 4.76. The zero-order valence-corrected chi connectivity index (χ0v) is 18.1. The van der Waals surface area contributed by atoms with Crippen LogP contribution in [0.1, 0.15) is 56.1 Å². The zero-order chi connectivity index (χ0) is 22.7. The molecule has 4 rings (SSSR count). The Hall–Kier alpha value is -3.35. The predicted octanol–water partition coefficient (Wildman–Crippen LogP) is 3.82. The van der Waals surface area contributed by atoms with Crippen LogP contribution in [0, 0.1) is 0 Å². The van der Waals surface area contributed by atoms with E-state index in [1.165, 1.54) is 0 Å². The van der Waals surface area contributed by atoms with E-state index in [1.54, 1.807) is 6.92 Å². The van der Waals surface area contributed by atoms with E-state index in [-0.39, 0.29) is 31.3 Å². The van der Waals surface area contributed by atoms with Crippen molar-refractivity contribution >= 4 is 18.0 Å². The molecular weight excluding hydrogens is 408 g/mol. The maximum absolute atomic E-state index is 12.4. The van der Waals surface area contributed by atoms with Gasteiger partial charge in [-0.1, -0.05) is 48.5 Å². The molecule has 7 heteroatoms. The predicted molar refractivity (Wildman–Crippen MR) is 119 cm³/mol. The van der Waals surface area contributed by atoms with Crippen LogP contribution in [0.25, 0.3) is 11.1 Å². The van der Waals surface area contributed by atoms with Crippen LogP contribution in [0.4, 0.5) is 4.79 Å². The average molecular weight is 437 g/mol. The monoisotopic (exact) mass is 436 g/mol. The third-order valence-corrected chi connectivity index (χ3v) is 6.40. The highest BCUT2D eigenvalue weighted by molar-refractivity contribution is 5.80. The number of carbonyl (C=O) groups excluding carboxylic acids is 2. The van der Waals surface area contributed by atoms with Crippen LogP contribution < -0.4 is 10.6 Å². The zero-order valence-electron chi connectivity index (χ0n) is 18.1. The number of carboxylic acids is 1. The van der Waals surface area contributed by atoms with Gasteiger partial charge in [0, 0.05) is 18.4 Å². The maximum atomic E-state index is 12.4. The molecule has 2 aromatic carbocycles. The lowest BCUT2D eigenvalue weighted by Crippen LogP contribution is -2.55. The number of hydrogen-bond acceptors (Lipinski definition) is 4. The van der Waals surface area contributed by atoms with Crippen LogP contribution in [0.2, 0.25) is 0 Å². The molecule has 0 bridgehead atoms. The van der Waals surface area contributed by atoms with Gasteiger partial charge in [0.2, 0.25) is 5.91 Å². The van der Waals surface area contributed by atoms with Crippen molar-refractivity contribution in [2.75, 3.05) is 6.61 Å². The summed E-state index contributed by atoms with van der Waals surface area (Å²) < 4.78 is 5.52. The second-order valence-electron chi connectivity index (χ2n) is 8.83. The quantitative estimate of drug-likeness (QED) is 0.584. The summed E-state index contributed by atoms with van der Waals surface area (Å²) in [5.41, 5.74) is 3.95. The minimum Gasteiger partial charge on any atom is -0.481 e. The molecule has 0 aromatic heterocycles. The first kappa shape index (κ1) is 21.9. The van der Waals surface area contributed by atoms with Gasteiger partial charge in [0.05, 0.1) is 12.0 Å². The highest BCUT2D eigenvalue weighted by Crippen LogP contribution is 2.44. The maximum Gasteiger partial charge on any atom is 0.407 e. The number of ether oxygens (including phenoxy) is 1. The van der Waals surface area contributed by atoms with Crippen LogP contribution in [-0.2, 0) is 14.3 Å². The molecule has 1 unspecified atom stereocenters. The number of nitrogens with one attached hydrogen (secondary N) is 2. The van der Waals surface area contributed by atoms with Gasteiger partial charge >= 0.3 is 12.1 Å². The summed E-state index contributed by atoms with van der Waals surface area (Å²) in [5.74, 6) is -1.21. The van der Waals surface area contributed by atoms with Crippen molar-refractivity contribution in [1.29, 1.82) is 0 Å². The number of fused-ring (bicyclic) bond motifs is 3. The Bertz CT molecular complexity index is 985. The van der Waals surface area contributed by atoms with Crippen LogP contribution in [0.3, 0.4) is 0 Å². The van der Waals surface area contributed by atoms with E-state index in [0.29, 0.717) is 12.8 Å². The molecule has 2 amide bonds. The van der Waals surface area contributed by atoms with Gasteiger partial charge in [0.15, 0.2) is 0 Å². The minimum absolute atomic E-state index is 0.0266. The van der Waals surface area contributed by atoms with Gasteiger partial charge in [-0.05, 0) is 48.4 Å². The lowest BCUT2D eigenvalue weighted by molar-refractivity contribution is -0.140. The Morgan fingerprint density at radius 2 is 1.66 bits per heavy atom. The van der Waals surface area contributed by atoms with Crippen molar-refractivity contribution in [2.45, 2.75) is 56.5 Å². The molecule has 3 N–H and O–H groups in total. The average Bonchev–Trinajstić information content (AvgIpc) is 3.04. The summed E-state index contributed by atoms with van der Waals surface area (Å²) >= 11 is 0. The van der Waals surface area contributed by atoms with Crippen LogP contribution in [-0.4, -0.2) is 41.3 Å². The van der Waals surface area contributed by atoms with Gasteiger partial charge in [0.1, 0.15) is 6.61 Å². The van der Waals surface area contributed by atoms with Gasteiger partial charge < -0.3 is 20.5 Å². The molecule has 1 atom stereocenters. The molecule has 0 saturated heterocycles. The van der Waals surface area contributed by atoms with Gasteiger partial charge in [0.25, 0.3) is 0 Å². The molecular formula is C25H28N2O5. The van der Waals surface area contributed by atoms with E-state index in [1.807, 2.05) is 24.3 Å². The number of aliphatic carboxylic acids is 1. The normalized spacial score (nSPS) is 16.8. The number of amides is 2. The summed E-state index contributed by atoms with van der Waals surface area (Å²) in [6, 6.07) is 15.8. The molecule has 0 spiro atoms. The third kappa shape index (κ3) is 4.61. The SMILES string of the molecule is CC(CC(=O)NC1(CC(=O)O)CCC1)NC(=O)OCC1c2ccccc2-c2ccccc21. The van der Waals surface area contributed by atoms with Gasteiger partial charge in [-0.15, -0.1) is 0 Å². The van der Waals surface area contributed by atoms with E-state index in [9.17, 15) is 14.4 Å². The Balaban J connectivity index is 1.29. The van der Waals surface area contributed by atoms with Crippen molar-refractivity contribution in [3.63, 3.8) is 0 Å². The van der Waals surface area contributed by atoms with Gasteiger partial charge in [-0.3, -0.25) is 9.59 Å². The van der Waals surface area contributed by atoms with E-state index in [4.69, 9.17) is 9.84 Å². The number of alkyl carbamates (subject to hydrolysis) is 1. The molecule has 0 heterocycles. The molecule has 168 valence electrons. The largest absolute Gasteiger partial charge is 0.481 e. The Labute approximate surface area is 187 Å². The van der Waals surface area contributed by atoms with Crippen molar-refractivity contribution in [1.82, 2.24) is 10.6 Å². The summed E-state index contributed by atoms with van der Waals surface area (Å²) in [6.45, 7) is 1.94. The molecule has 32 heavy (non-hydrogen) atoms. The van der Waals surface area contributed by atoms with Crippen molar-refractivity contribution < 1.29 is 24.2 Å². The fraction of sp³-hybridized carbons (Fsp3) is 0.400. The number of rotatable bonds is 8. The molecule has 2 aliphatic carbocycles. The first-order valence-corrected chi connectivity index (χ1v) is 11.0. The first-order valence-electron chi connectivity index (χ1n) is 11.0.